The average Bonchev–Trinajstić information content (AvgIpc) is 2.74. The Hall–Kier alpha value is -1.95. The van der Waals surface area contributed by atoms with Crippen LogP contribution in [-0.2, 0) is 0 Å². The summed E-state index contributed by atoms with van der Waals surface area (Å²) < 4.78 is 4.97. The van der Waals surface area contributed by atoms with Crippen molar-refractivity contribution in [3.8, 4) is 16.6 Å². The third kappa shape index (κ3) is 2.26. The lowest BCUT2D eigenvalue weighted by molar-refractivity contribution is 0.0690. The quantitative estimate of drug-likeness (QED) is 0.904. The molecule has 2 aromatic heterocycles. The molecule has 0 bridgehead atoms. The summed E-state index contributed by atoms with van der Waals surface area (Å²) in [6.45, 7) is 1.93. The van der Waals surface area contributed by atoms with Crippen LogP contribution >= 0.6 is 11.3 Å². The number of hydrogen-bond donors (Lipinski definition) is 1. The number of thiophene rings is 1. The summed E-state index contributed by atoms with van der Waals surface area (Å²) in [5.41, 5.74) is 0.944. The fourth-order valence-electron chi connectivity index (χ4n) is 1.34. The minimum absolute atomic E-state index is 0.0698. The number of rotatable bonds is 3. The topological polar surface area (TPSA) is 72.3 Å². The molecule has 0 aromatic carbocycles. The van der Waals surface area contributed by atoms with Crippen LogP contribution in [0.4, 0.5) is 0 Å². The number of aromatic carboxylic acids is 1. The van der Waals surface area contributed by atoms with Crippen molar-refractivity contribution in [3.05, 3.63) is 28.8 Å². The van der Waals surface area contributed by atoms with Gasteiger partial charge in [0.2, 0.25) is 5.88 Å². The number of hydrogen-bond acceptors (Lipinski definition) is 5. The molecule has 0 atom stereocenters. The molecule has 2 heterocycles. The molecule has 0 aliphatic rings. The van der Waals surface area contributed by atoms with E-state index < -0.39 is 5.97 Å². The van der Waals surface area contributed by atoms with Gasteiger partial charge >= 0.3 is 5.97 Å². The van der Waals surface area contributed by atoms with Crippen molar-refractivity contribution in [2.75, 3.05) is 7.11 Å². The Morgan fingerprint density at radius 2 is 2.24 bits per heavy atom. The zero-order valence-corrected chi connectivity index (χ0v) is 10.1. The lowest BCUT2D eigenvalue weighted by Gasteiger charge is -2.04. The summed E-state index contributed by atoms with van der Waals surface area (Å²) in [6.07, 6.45) is 0. The number of carbonyl (C=O) groups is 1. The zero-order chi connectivity index (χ0) is 12.4. The molecule has 88 valence electrons. The van der Waals surface area contributed by atoms with Crippen LogP contribution in [0.1, 0.15) is 16.1 Å². The molecule has 0 unspecified atom stereocenters. The van der Waals surface area contributed by atoms with Crippen LogP contribution < -0.4 is 4.74 Å². The van der Waals surface area contributed by atoms with Gasteiger partial charge in [-0.25, -0.2) is 9.78 Å². The molecule has 0 saturated carbocycles. The Morgan fingerprint density at radius 3 is 2.76 bits per heavy atom. The van der Waals surface area contributed by atoms with Crippen LogP contribution in [0, 0.1) is 6.92 Å². The highest BCUT2D eigenvalue weighted by Crippen LogP contribution is 2.27. The van der Waals surface area contributed by atoms with Crippen molar-refractivity contribution in [3.63, 3.8) is 0 Å². The normalized spacial score (nSPS) is 10.2. The maximum Gasteiger partial charge on any atom is 0.354 e. The van der Waals surface area contributed by atoms with E-state index in [4.69, 9.17) is 9.84 Å². The third-order valence-corrected chi connectivity index (χ3v) is 3.21. The van der Waals surface area contributed by atoms with E-state index in [0.29, 0.717) is 5.82 Å². The summed E-state index contributed by atoms with van der Waals surface area (Å²) in [7, 11) is 1.44. The zero-order valence-electron chi connectivity index (χ0n) is 9.30. The molecule has 0 radical (unpaired) electrons. The first-order valence-electron chi connectivity index (χ1n) is 4.82. The van der Waals surface area contributed by atoms with Crippen molar-refractivity contribution in [2.45, 2.75) is 6.92 Å². The Kier molecular flexibility index (Phi) is 3.06. The largest absolute Gasteiger partial charge is 0.481 e. The maximum atomic E-state index is 10.9. The molecule has 6 heteroatoms. The Morgan fingerprint density at radius 1 is 1.47 bits per heavy atom. The van der Waals surface area contributed by atoms with Gasteiger partial charge in [-0.3, -0.25) is 0 Å². The molecular formula is C11H10N2O3S. The molecular weight excluding hydrogens is 240 g/mol. The number of ether oxygens (including phenoxy) is 1. The number of aromatic nitrogens is 2. The highest BCUT2D eigenvalue weighted by molar-refractivity contribution is 7.13. The van der Waals surface area contributed by atoms with E-state index in [1.165, 1.54) is 24.5 Å². The maximum absolute atomic E-state index is 10.9. The van der Waals surface area contributed by atoms with Gasteiger partial charge in [0.15, 0.2) is 11.5 Å². The highest BCUT2D eigenvalue weighted by atomic mass is 32.1. The van der Waals surface area contributed by atoms with Gasteiger partial charge < -0.3 is 9.84 Å². The van der Waals surface area contributed by atoms with E-state index in [-0.39, 0.29) is 11.6 Å². The molecule has 2 aromatic rings. The predicted molar refractivity (Wildman–Crippen MR) is 63.6 cm³/mol. The van der Waals surface area contributed by atoms with Crippen LogP contribution in [0.3, 0.4) is 0 Å². The second-order valence-corrected chi connectivity index (χ2v) is 4.27. The van der Waals surface area contributed by atoms with Gasteiger partial charge in [0.25, 0.3) is 0 Å². The summed E-state index contributed by atoms with van der Waals surface area (Å²) in [5, 5.41) is 10.9. The second kappa shape index (κ2) is 4.50. The molecule has 0 fully saturated rings. The van der Waals surface area contributed by atoms with Crippen LogP contribution in [0.25, 0.3) is 10.7 Å². The third-order valence-electron chi connectivity index (χ3n) is 2.20. The van der Waals surface area contributed by atoms with Crippen molar-refractivity contribution in [2.24, 2.45) is 0 Å². The van der Waals surface area contributed by atoms with E-state index in [0.717, 1.165) is 10.4 Å². The molecule has 5 nitrogen and oxygen atoms in total. The smallest absolute Gasteiger partial charge is 0.354 e. The SMILES string of the molecule is COc1cc(C(=O)O)nc(-c2sccc2C)n1. The van der Waals surface area contributed by atoms with Gasteiger partial charge in [-0.05, 0) is 23.9 Å². The molecule has 17 heavy (non-hydrogen) atoms. The molecule has 0 spiro atoms. The van der Waals surface area contributed by atoms with Crippen molar-refractivity contribution >= 4 is 17.3 Å². The van der Waals surface area contributed by atoms with Gasteiger partial charge in [-0.2, -0.15) is 4.98 Å². The van der Waals surface area contributed by atoms with Gasteiger partial charge in [0.05, 0.1) is 12.0 Å². The van der Waals surface area contributed by atoms with Gasteiger partial charge in [-0.1, -0.05) is 0 Å². The predicted octanol–water partition coefficient (Wildman–Crippen LogP) is 2.22. The first-order valence-corrected chi connectivity index (χ1v) is 5.70. The van der Waals surface area contributed by atoms with Crippen molar-refractivity contribution in [1.29, 1.82) is 0 Å². The average molecular weight is 250 g/mol. The van der Waals surface area contributed by atoms with E-state index in [2.05, 4.69) is 9.97 Å². The Bertz CT molecular complexity index is 566. The lowest BCUT2D eigenvalue weighted by Crippen LogP contribution is -2.04. The molecule has 0 saturated heterocycles. The van der Waals surface area contributed by atoms with Gasteiger partial charge in [0, 0.05) is 6.07 Å². The second-order valence-electron chi connectivity index (χ2n) is 3.36. The van der Waals surface area contributed by atoms with Crippen molar-refractivity contribution < 1.29 is 14.6 Å². The number of carboxylic acid groups (broad SMARTS) is 1. The number of nitrogens with zero attached hydrogens (tertiary/aromatic N) is 2. The number of carboxylic acids is 1. The summed E-state index contributed by atoms with van der Waals surface area (Å²) >= 11 is 1.47. The minimum Gasteiger partial charge on any atom is -0.481 e. The fourth-order valence-corrected chi connectivity index (χ4v) is 2.20. The summed E-state index contributed by atoms with van der Waals surface area (Å²) in [6, 6.07) is 3.23. The van der Waals surface area contributed by atoms with Crippen LogP contribution in [0.15, 0.2) is 17.5 Å². The summed E-state index contributed by atoms with van der Waals surface area (Å²) in [4.78, 5) is 19.9. The van der Waals surface area contributed by atoms with E-state index in [1.54, 1.807) is 0 Å². The Labute approximate surface area is 102 Å². The molecule has 1 N–H and O–H groups in total. The van der Waals surface area contributed by atoms with E-state index in [9.17, 15) is 4.79 Å². The van der Waals surface area contributed by atoms with Gasteiger partial charge in [0.1, 0.15) is 0 Å². The minimum atomic E-state index is -1.10. The van der Waals surface area contributed by atoms with Crippen LogP contribution in [0.2, 0.25) is 0 Å². The van der Waals surface area contributed by atoms with Crippen LogP contribution in [-0.4, -0.2) is 28.2 Å². The molecule has 2 rings (SSSR count). The van der Waals surface area contributed by atoms with E-state index >= 15 is 0 Å². The monoisotopic (exact) mass is 250 g/mol. The summed E-state index contributed by atoms with van der Waals surface area (Å²) in [5.74, 6) is -0.462. The standard InChI is InChI=1S/C11H10N2O3S/c1-6-3-4-17-9(6)10-12-7(11(14)15)5-8(13-10)16-2/h3-5H,1-2H3,(H,14,15). The Balaban J connectivity index is 2.58. The first kappa shape index (κ1) is 11.5. The molecule has 0 aliphatic carbocycles. The lowest BCUT2D eigenvalue weighted by atomic mass is 10.2. The molecule has 0 aliphatic heterocycles. The van der Waals surface area contributed by atoms with Crippen molar-refractivity contribution in [1.82, 2.24) is 9.97 Å². The first-order chi connectivity index (χ1) is 8.11. The van der Waals surface area contributed by atoms with E-state index in [1.807, 2.05) is 18.4 Å². The van der Waals surface area contributed by atoms with Crippen LogP contribution in [0.5, 0.6) is 5.88 Å². The number of methoxy groups -OCH3 is 1. The fraction of sp³-hybridized carbons (Fsp3) is 0.182. The highest BCUT2D eigenvalue weighted by Gasteiger charge is 2.14. The molecule has 0 amide bonds. The van der Waals surface area contributed by atoms with Gasteiger partial charge in [-0.15, -0.1) is 11.3 Å². The number of aryl methyl sites for hydroxylation is 1.